The van der Waals surface area contributed by atoms with Crippen molar-refractivity contribution in [2.75, 3.05) is 19.6 Å². The monoisotopic (exact) mass is 295 g/mol. The second-order valence-corrected chi connectivity index (χ2v) is 7.29. The first kappa shape index (κ1) is 15.9. The molecule has 1 saturated heterocycles. The molecule has 0 aromatic carbocycles. The Labute approximate surface area is 127 Å². The van der Waals surface area contributed by atoms with Crippen LogP contribution in [0.2, 0.25) is 0 Å². The molecule has 114 valence electrons. The number of hydrogen-bond donors (Lipinski definition) is 1. The molecule has 20 heavy (non-hydrogen) atoms. The Bertz CT molecular complexity index is 394. The fourth-order valence-corrected chi connectivity index (χ4v) is 3.46. The molecule has 1 N–H and O–H groups in total. The first-order chi connectivity index (χ1) is 9.65. The summed E-state index contributed by atoms with van der Waals surface area (Å²) in [5.74, 6) is 0. The maximum Gasteiger partial charge on any atom is 0.107 e. The van der Waals surface area contributed by atoms with Gasteiger partial charge in [-0.15, -0.1) is 11.3 Å². The number of nitrogens with one attached hydrogen (secondary N) is 1. The van der Waals surface area contributed by atoms with E-state index in [2.05, 4.69) is 36.4 Å². The number of hydrogen-bond acceptors (Lipinski definition) is 4. The van der Waals surface area contributed by atoms with E-state index in [-0.39, 0.29) is 0 Å². The SMILES string of the molecule is CCCNCc1nc(CN2CCC(C)(CC)CC2)cs1. The van der Waals surface area contributed by atoms with Gasteiger partial charge in [-0.2, -0.15) is 0 Å². The molecule has 1 fully saturated rings. The number of aromatic nitrogens is 1. The summed E-state index contributed by atoms with van der Waals surface area (Å²) in [6.45, 7) is 12.4. The number of rotatable bonds is 7. The van der Waals surface area contributed by atoms with E-state index < -0.39 is 0 Å². The first-order valence-electron chi connectivity index (χ1n) is 8.01. The second-order valence-electron chi connectivity index (χ2n) is 6.35. The highest BCUT2D eigenvalue weighted by atomic mass is 32.1. The summed E-state index contributed by atoms with van der Waals surface area (Å²) in [6, 6.07) is 0. The second kappa shape index (κ2) is 7.53. The maximum atomic E-state index is 4.75. The van der Waals surface area contributed by atoms with E-state index in [0.29, 0.717) is 5.41 Å². The van der Waals surface area contributed by atoms with Crippen molar-refractivity contribution in [3.05, 3.63) is 16.1 Å². The van der Waals surface area contributed by atoms with Crippen LogP contribution in [-0.4, -0.2) is 29.5 Å². The Morgan fingerprint density at radius 2 is 2.10 bits per heavy atom. The molecule has 0 aliphatic carbocycles. The van der Waals surface area contributed by atoms with E-state index in [1.54, 1.807) is 11.3 Å². The highest BCUT2D eigenvalue weighted by Gasteiger charge is 2.28. The van der Waals surface area contributed by atoms with Crippen molar-refractivity contribution in [1.29, 1.82) is 0 Å². The van der Waals surface area contributed by atoms with Crippen LogP contribution in [0.1, 0.15) is 57.2 Å². The number of nitrogens with zero attached hydrogens (tertiary/aromatic N) is 2. The van der Waals surface area contributed by atoms with Gasteiger partial charge in [0.15, 0.2) is 0 Å². The third-order valence-corrected chi connectivity index (χ3v) is 5.50. The molecule has 2 rings (SSSR count). The van der Waals surface area contributed by atoms with Gasteiger partial charge in [0.1, 0.15) is 5.01 Å². The first-order valence-corrected chi connectivity index (χ1v) is 8.89. The quantitative estimate of drug-likeness (QED) is 0.778. The molecule has 1 aliphatic heterocycles. The summed E-state index contributed by atoms with van der Waals surface area (Å²) in [4.78, 5) is 7.31. The van der Waals surface area contributed by atoms with Gasteiger partial charge in [-0.1, -0.05) is 27.2 Å². The van der Waals surface area contributed by atoms with Crippen LogP contribution in [0, 0.1) is 5.41 Å². The van der Waals surface area contributed by atoms with Crippen molar-refractivity contribution >= 4 is 11.3 Å². The fourth-order valence-electron chi connectivity index (χ4n) is 2.71. The lowest BCUT2D eigenvalue weighted by atomic mass is 9.78. The van der Waals surface area contributed by atoms with Crippen LogP contribution in [0.25, 0.3) is 0 Å². The van der Waals surface area contributed by atoms with Crippen molar-refractivity contribution in [3.63, 3.8) is 0 Å². The van der Waals surface area contributed by atoms with Crippen LogP contribution in [-0.2, 0) is 13.1 Å². The molecule has 0 atom stereocenters. The zero-order valence-corrected chi connectivity index (χ0v) is 14.1. The molecular weight excluding hydrogens is 266 g/mol. The van der Waals surface area contributed by atoms with Gasteiger partial charge in [0.05, 0.1) is 5.69 Å². The maximum absolute atomic E-state index is 4.75. The molecule has 2 heterocycles. The molecule has 4 heteroatoms. The van der Waals surface area contributed by atoms with Crippen LogP contribution in [0.4, 0.5) is 0 Å². The summed E-state index contributed by atoms with van der Waals surface area (Å²) < 4.78 is 0. The molecule has 1 aromatic rings. The number of likely N-dealkylation sites (tertiary alicyclic amines) is 1. The average Bonchev–Trinajstić information content (AvgIpc) is 2.90. The summed E-state index contributed by atoms with van der Waals surface area (Å²) >= 11 is 1.79. The lowest BCUT2D eigenvalue weighted by Gasteiger charge is -2.38. The third kappa shape index (κ3) is 4.54. The van der Waals surface area contributed by atoms with E-state index >= 15 is 0 Å². The topological polar surface area (TPSA) is 28.2 Å². The molecule has 0 saturated carbocycles. The van der Waals surface area contributed by atoms with Crippen molar-refractivity contribution in [2.45, 2.75) is 59.5 Å². The van der Waals surface area contributed by atoms with Gasteiger partial charge in [-0.25, -0.2) is 4.98 Å². The van der Waals surface area contributed by atoms with E-state index in [1.165, 1.54) is 49.5 Å². The van der Waals surface area contributed by atoms with Gasteiger partial charge < -0.3 is 5.32 Å². The smallest absolute Gasteiger partial charge is 0.107 e. The van der Waals surface area contributed by atoms with Crippen LogP contribution >= 0.6 is 11.3 Å². The minimum Gasteiger partial charge on any atom is -0.310 e. The Kier molecular flexibility index (Phi) is 6.00. The normalized spacial score (nSPS) is 19.4. The Morgan fingerprint density at radius 3 is 2.75 bits per heavy atom. The van der Waals surface area contributed by atoms with Crippen molar-refractivity contribution < 1.29 is 0 Å². The van der Waals surface area contributed by atoms with E-state index in [0.717, 1.165) is 19.6 Å². The van der Waals surface area contributed by atoms with E-state index in [9.17, 15) is 0 Å². The highest BCUT2D eigenvalue weighted by Crippen LogP contribution is 2.34. The zero-order valence-electron chi connectivity index (χ0n) is 13.2. The molecule has 0 spiro atoms. The van der Waals surface area contributed by atoms with Crippen molar-refractivity contribution in [1.82, 2.24) is 15.2 Å². The predicted molar refractivity (Wildman–Crippen MR) is 87.0 cm³/mol. The highest BCUT2D eigenvalue weighted by molar-refractivity contribution is 7.09. The summed E-state index contributed by atoms with van der Waals surface area (Å²) in [6.07, 6.45) is 5.16. The molecule has 1 aromatic heterocycles. The lowest BCUT2D eigenvalue weighted by molar-refractivity contribution is 0.109. The fraction of sp³-hybridized carbons (Fsp3) is 0.812. The van der Waals surface area contributed by atoms with Gasteiger partial charge in [-0.3, -0.25) is 4.90 Å². The van der Waals surface area contributed by atoms with Gasteiger partial charge in [0, 0.05) is 18.5 Å². The van der Waals surface area contributed by atoms with Gasteiger partial charge >= 0.3 is 0 Å². The van der Waals surface area contributed by atoms with Crippen LogP contribution in [0.3, 0.4) is 0 Å². The molecule has 0 radical (unpaired) electrons. The minimum absolute atomic E-state index is 0.577. The van der Waals surface area contributed by atoms with E-state index in [4.69, 9.17) is 4.98 Å². The predicted octanol–water partition coefficient (Wildman–Crippen LogP) is 3.65. The molecule has 0 amide bonds. The number of piperidine rings is 1. The average molecular weight is 295 g/mol. The lowest BCUT2D eigenvalue weighted by Crippen LogP contribution is -2.38. The largest absolute Gasteiger partial charge is 0.310 e. The minimum atomic E-state index is 0.577. The van der Waals surface area contributed by atoms with Crippen LogP contribution in [0.15, 0.2) is 5.38 Å². The van der Waals surface area contributed by atoms with Gasteiger partial charge in [0.2, 0.25) is 0 Å². The Morgan fingerprint density at radius 1 is 1.35 bits per heavy atom. The Hall–Kier alpha value is -0.450. The molecule has 0 unspecified atom stereocenters. The zero-order chi connectivity index (χ0) is 14.4. The van der Waals surface area contributed by atoms with Crippen molar-refractivity contribution in [2.24, 2.45) is 5.41 Å². The molecule has 1 aliphatic rings. The summed E-state index contributed by atoms with van der Waals surface area (Å²) in [5.41, 5.74) is 1.83. The molecule has 0 bridgehead atoms. The summed E-state index contributed by atoms with van der Waals surface area (Å²) in [5, 5.41) is 6.88. The van der Waals surface area contributed by atoms with Gasteiger partial charge in [-0.05, 0) is 44.3 Å². The van der Waals surface area contributed by atoms with Crippen LogP contribution in [0.5, 0.6) is 0 Å². The molecule has 3 nitrogen and oxygen atoms in total. The van der Waals surface area contributed by atoms with Gasteiger partial charge in [0.25, 0.3) is 0 Å². The third-order valence-electron chi connectivity index (χ3n) is 4.60. The summed E-state index contributed by atoms with van der Waals surface area (Å²) in [7, 11) is 0. The van der Waals surface area contributed by atoms with Crippen molar-refractivity contribution in [3.8, 4) is 0 Å². The number of thiazole rings is 1. The van der Waals surface area contributed by atoms with Crippen LogP contribution < -0.4 is 5.32 Å². The molecular formula is C16H29N3S. The Balaban J connectivity index is 1.77. The standard InChI is InChI=1S/C16H29N3S/c1-4-8-17-11-15-18-14(13-20-15)12-19-9-6-16(3,5-2)7-10-19/h13,17H,4-12H2,1-3H3. The van der Waals surface area contributed by atoms with E-state index in [1.807, 2.05) is 0 Å².